The van der Waals surface area contributed by atoms with Crippen LogP contribution in [0.15, 0.2) is 78.0 Å². The zero-order chi connectivity index (χ0) is 19.3. The van der Waals surface area contributed by atoms with Crippen LogP contribution in [0.1, 0.15) is 24.5 Å². The second kappa shape index (κ2) is 8.15. The van der Waals surface area contributed by atoms with Crippen LogP contribution >= 0.6 is 0 Å². The van der Waals surface area contributed by atoms with Crippen molar-refractivity contribution in [2.24, 2.45) is 0 Å². The molecule has 0 heterocycles. The van der Waals surface area contributed by atoms with E-state index in [4.69, 9.17) is 4.74 Å². The summed E-state index contributed by atoms with van der Waals surface area (Å²) in [4.78, 5) is 0. The summed E-state index contributed by atoms with van der Waals surface area (Å²) in [6.45, 7) is 2.37. The molecule has 4 heteroatoms. The molecule has 3 aromatic carbocycles. The highest BCUT2D eigenvalue weighted by Gasteiger charge is 2.29. The quantitative estimate of drug-likeness (QED) is 0.446. The Hall–Kier alpha value is -2.97. The van der Waals surface area contributed by atoms with Gasteiger partial charge >= 0.3 is 6.18 Å². The number of benzene rings is 3. The van der Waals surface area contributed by atoms with E-state index < -0.39 is 11.7 Å². The molecule has 0 saturated carbocycles. The predicted molar refractivity (Wildman–Crippen MR) is 103 cm³/mol. The van der Waals surface area contributed by atoms with Crippen LogP contribution < -0.4 is 4.74 Å². The molecule has 138 valence electrons. The summed E-state index contributed by atoms with van der Waals surface area (Å²) in [5.41, 5.74) is 4.08. The first-order valence-electron chi connectivity index (χ1n) is 8.69. The molecule has 0 saturated heterocycles. The van der Waals surface area contributed by atoms with Crippen molar-refractivity contribution in [1.82, 2.24) is 0 Å². The number of hydrogen-bond acceptors (Lipinski definition) is 1. The Balaban J connectivity index is 1.70. The Morgan fingerprint density at radius 1 is 0.963 bits per heavy atom. The van der Waals surface area contributed by atoms with Crippen molar-refractivity contribution in [2.45, 2.75) is 19.5 Å². The van der Waals surface area contributed by atoms with E-state index in [1.54, 1.807) is 6.08 Å². The molecule has 0 aliphatic carbocycles. The summed E-state index contributed by atoms with van der Waals surface area (Å²) in [6.07, 6.45) is -1.90. The third-order valence-electron chi connectivity index (χ3n) is 4.24. The Labute approximate surface area is 156 Å². The first-order valence-corrected chi connectivity index (χ1v) is 8.69. The van der Waals surface area contributed by atoms with Crippen LogP contribution in [0.4, 0.5) is 13.2 Å². The topological polar surface area (TPSA) is 9.23 Å². The summed E-state index contributed by atoms with van der Waals surface area (Å²) in [5, 5.41) is 2.26. The third kappa shape index (κ3) is 5.02. The van der Waals surface area contributed by atoms with Gasteiger partial charge in [0.05, 0.1) is 5.56 Å². The van der Waals surface area contributed by atoms with Gasteiger partial charge in [0.25, 0.3) is 0 Å². The number of hydrogen-bond donors (Lipinski definition) is 0. The highest BCUT2D eigenvalue weighted by molar-refractivity contribution is 5.83. The van der Waals surface area contributed by atoms with E-state index in [0.717, 1.165) is 40.6 Å². The lowest BCUT2D eigenvalue weighted by Gasteiger charge is -2.08. The van der Waals surface area contributed by atoms with E-state index in [-0.39, 0.29) is 0 Å². The van der Waals surface area contributed by atoms with Gasteiger partial charge in [0, 0.05) is 5.57 Å². The maximum atomic E-state index is 12.6. The Kier molecular flexibility index (Phi) is 5.68. The monoisotopic (exact) mass is 368 g/mol. The maximum absolute atomic E-state index is 12.6. The molecule has 1 nitrogen and oxygen atoms in total. The van der Waals surface area contributed by atoms with Gasteiger partial charge in [-0.05, 0) is 53.1 Å². The second-order valence-electron chi connectivity index (χ2n) is 6.16. The van der Waals surface area contributed by atoms with Crippen molar-refractivity contribution in [3.8, 4) is 5.75 Å². The molecule has 0 amide bonds. The lowest BCUT2D eigenvalue weighted by atomic mass is 10.1. The molecule has 0 N–H and O–H groups in total. The molecule has 0 unspecified atom stereocenters. The first-order chi connectivity index (χ1) is 13.0. The van der Waals surface area contributed by atoms with E-state index >= 15 is 0 Å². The SMILES string of the molecule is CCC(=C=Cc1ccc(C(F)(F)F)cc1)COc1ccc2ccccc2c1. The Morgan fingerprint density at radius 3 is 2.33 bits per heavy atom. The average Bonchev–Trinajstić information content (AvgIpc) is 2.67. The van der Waals surface area contributed by atoms with Crippen LogP contribution in [0, 0.1) is 0 Å². The third-order valence-corrected chi connectivity index (χ3v) is 4.24. The van der Waals surface area contributed by atoms with Gasteiger partial charge in [0.1, 0.15) is 12.4 Å². The van der Waals surface area contributed by atoms with Gasteiger partial charge in [-0.3, -0.25) is 0 Å². The molecule has 27 heavy (non-hydrogen) atoms. The largest absolute Gasteiger partial charge is 0.489 e. The molecule has 0 aromatic heterocycles. The zero-order valence-electron chi connectivity index (χ0n) is 14.9. The summed E-state index contributed by atoms with van der Waals surface area (Å²) in [6, 6.07) is 19.0. The van der Waals surface area contributed by atoms with Crippen LogP contribution in [0.25, 0.3) is 16.8 Å². The summed E-state index contributed by atoms with van der Waals surface area (Å²) in [5.74, 6) is 0.774. The molecule has 0 aliphatic rings. The van der Waals surface area contributed by atoms with Crippen LogP contribution in [-0.2, 0) is 6.18 Å². The van der Waals surface area contributed by atoms with Crippen molar-refractivity contribution in [2.75, 3.05) is 6.61 Å². The van der Waals surface area contributed by atoms with Crippen LogP contribution in [0.2, 0.25) is 0 Å². The highest BCUT2D eigenvalue weighted by Crippen LogP contribution is 2.29. The molecule has 0 bridgehead atoms. The van der Waals surface area contributed by atoms with Crippen molar-refractivity contribution < 1.29 is 17.9 Å². The highest BCUT2D eigenvalue weighted by atomic mass is 19.4. The van der Waals surface area contributed by atoms with Gasteiger partial charge in [-0.2, -0.15) is 13.2 Å². The number of alkyl halides is 3. The van der Waals surface area contributed by atoms with Crippen molar-refractivity contribution in [1.29, 1.82) is 0 Å². The van der Waals surface area contributed by atoms with E-state index in [2.05, 4.69) is 5.73 Å². The minimum Gasteiger partial charge on any atom is -0.489 e. The lowest BCUT2D eigenvalue weighted by Crippen LogP contribution is -2.03. The number of ether oxygens (including phenoxy) is 1. The summed E-state index contributed by atoms with van der Waals surface area (Å²) in [7, 11) is 0. The van der Waals surface area contributed by atoms with Gasteiger partial charge in [-0.1, -0.05) is 49.4 Å². The summed E-state index contributed by atoms with van der Waals surface area (Å²) < 4.78 is 43.7. The van der Waals surface area contributed by atoms with E-state index in [1.807, 2.05) is 49.4 Å². The summed E-state index contributed by atoms with van der Waals surface area (Å²) >= 11 is 0. The van der Waals surface area contributed by atoms with E-state index in [9.17, 15) is 13.2 Å². The fraction of sp³-hybridized carbons (Fsp3) is 0.174. The molecular weight excluding hydrogens is 349 g/mol. The average molecular weight is 368 g/mol. The van der Waals surface area contributed by atoms with Gasteiger partial charge in [0.2, 0.25) is 0 Å². The molecule has 0 fully saturated rings. The van der Waals surface area contributed by atoms with Crippen molar-refractivity contribution >= 4 is 16.8 Å². The van der Waals surface area contributed by atoms with Crippen LogP contribution in [0.5, 0.6) is 5.75 Å². The van der Waals surface area contributed by atoms with Gasteiger partial charge in [0.15, 0.2) is 0 Å². The fourth-order valence-corrected chi connectivity index (χ4v) is 2.63. The molecule has 0 atom stereocenters. The van der Waals surface area contributed by atoms with E-state index in [1.165, 1.54) is 12.1 Å². The van der Waals surface area contributed by atoms with Gasteiger partial charge in [-0.25, -0.2) is 0 Å². The van der Waals surface area contributed by atoms with Crippen LogP contribution in [0.3, 0.4) is 0 Å². The van der Waals surface area contributed by atoms with Crippen molar-refractivity contribution in [3.63, 3.8) is 0 Å². The number of halogens is 3. The van der Waals surface area contributed by atoms with Crippen LogP contribution in [-0.4, -0.2) is 6.61 Å². The lowest BCUT2D eigenvalue weighted by molar-refractivity contribution is -0.137. The fourth-order valence-electron chi connectivity index (χ4n) is 2.63. The van der Waals surface area contributed by atoms with E-state index in [0.29, 0.717) is 12.2 Å². The van der Waals surface area contributed by atoms with Crippen molar-refractivity contribution in [3.05, 3.63) is 89.2 Å². The maximum Gasteiger partial charge on any atom is 0.416 e. The Bertz CT molecular complexity index is 978. The molecule has 0 spiro atoms. The second-order valence-corrected chi connectivity index (χ2v) is 6.16. The minimum absolute atomic E-state index is 0.381. The standard InChI is InChI=1S/C23H19F3O/c1-2-17(7-8-18-9-12-21(13-10-18)23(24,25)26)16-27-22-14-11-19-5-3-4-6-20(19)15-22/h3-6,8-15H,2,16H2,1H3. The minimum atomic E-state index is -4.32. The van der Waals surface area contributed by atoms with Gasteiger partial charge < -0.3 is 4.74 Å². The predicted octanol–water partition coefficient (Wildman–Crippen LogP) is 6.89. The Morgan fingerprint density at radius 2 is 1.67 bits per heavy atom. The molecule has 3 rings (SSSR count). The molecule has 0 radical (unpaired) electrons. The number of fused-ring (bicyclic) bond motifs is 1. The first kappa shape index (κ1) is 18.8. The normalized spacial score (nSPS) is 11.1. The molecule has 3 aromatic rings. The van der Waals surface area contributed by atoms with Gasteiger partial charge in [-0.15, -0.1) is 5.73 Å². The zero-order valence-corrected chi connectivity index (χ0v) is 14.9. The molecular formula is C23H19F3O. The molecule has 0 aliphatic heterocycles. The number of rotatable bonds is 5. The smallest absolute Gasteiger partial charge is 0.416 e.